The first kappa shape index (κ1) is 21.6. The van der Waals surface area contributed by atoms with Crippen LogP contribution in [0.4, 0.5) is 0 Å². The van der Waals surface area contributed by atoms with Crippen molar-refractivity contribution in [3.63, 3.8) is 0 Å². The average molecular weight is 345 g/mol. The summed E-state index contributed by atoms with van der Waals surface area (Å²) in [5.41, 5.74) is 1.35. The molecule has 1 fully saturated rings. The van der Waals surface area contributed by atoms with E-state index in [1.54, 1.807) is 6.08 Å². The van der Waals surface area contributed by atoms with Gasteiger partial charge in [0, 0.05) is 31.7 Å². The van der Waals surface area contributed by atoms with Crippen LogP contribution in [0.25, 0.3) is 0 Å². The summed E-state index contributed by atoms with van der Waals surface area (Å²) in [7, 11) is 0. The lowest BCUT2D eigenvalue weighted by molar-refractivity contribution is 0.0298. The molecule has 2 rings (SSSR count). The molecule has 3 heteroatoms. The molecular formula is C22H36N2O. The number of nitrogens with zero attached hydrogens (tertiary/aromatic N) is 1. The van der Waals surface area contributed by atoms with E-state index in [0.29, 0.717) is 18.0 Å². The maximum absolute atomic E-state index is 5.46. The zero-order valence-electron chi connectivity index (χ0n) is 16.3. The summed E-state index contributed by atoms with van der Waals surface area (Å²) in [5, 5.41) is 3.83. The molecule has 140 valence electrons. The number of rotatable bonds is 8. The molecule has 1 aliphatic heterocycles. The maximum Gasteiger partial charge on any atom is 0.0594 e. The predicted octanol–water partition coefficient (Wildman–Crippen LogP) is 4.44. The van der Waals surface area contributed by atoms with Gasteiger partial charge in [-0.05, 0) is 31.7 Å². The number of hydrogen-bond acceptors (Lipinski definition) is 3. The van der Waals surface area contributed by atoms with Crippen molar-refractivity contribution in [2.75, 3.05) is 32.8 Å². The number of benzene rings is 1. The third-order valence-corrected chi connectivity index (χ3v) is 4.55. The Morgan fingerprint density at radius 1 is 1.16 bits per heavy atom. The monoisotopic (exact) mass is 344 g/mol. The second-order valence-corrected chi connectivity index (χ2v) is 6.73. The van der Waals surface area contributed by atoms with Crippen molar-refractivity contribution in [1.29, 1.82) is 0 Å². The van der Waals surface area contributed by atoms with E-state index in [0.717, 1.165) is 39.3 Å². The van der Waals surface area contributed by atoms with Gasteiger partial charge in [-0.25, -0.2) is 0 Å². The molecule has 3 unspecified atom stereocenters. The highest BCUT2D eigenvalue weighted by molar-refractivity contribution is 5.18. The van der Waals surface area contributed by atoms with E-state index in [4.69, 9.17) is 4.74 Å². The Balaban J connectivity index is 0.000000970. The number of morpholine rings is 1. The molecule has 1 aromatic carbocycles. The Hall–Kier alpha value is -1.42. The molecule has 3 nitrogen and oxygen atoms in total. The second-order valence-electron chi connectivity index (χ2n) is 6.73. The summed E-state index contributed by atoms with van der Waals surface area (Å²) < 4.78 is 5.46. The first-order chi connectivity index (χ1) is 12.1. The van der Waals surface area contributed by atoms with Crippen LogP contribution < -0.4 is 5.32 Å². The predicted molar refractivity (Wildman–Crippen MR) is 109 cm³/mol. The normalized spacial score (nSPS) is 18.4. The van der Waals surface area contributed by atoms with Crippen LogP contribution in [0.15, 0.2) is 55.6 Å². The van der Waals surface area contributed by atoms with Crippen LogP contribution in [0.1, 0.15) is 38.8 Å². The van der Waals surface area contributed by atoms with E-state index in [9.17, 15) is 0 Å². The van der Waals surface area contributed by atoms with Crippen LogP contribution in [-0.2, 0) is 4.74 Å². The van der Waals surface area contributed by atoms with Gasteiger partial charge < -0.3 is 10.1 Å². The minimum Gasteiger partial charge on any atom is -0.379 e. The molecule has 0 amide bonds. The Kier molecular flexibility index (Phi) is 11.1. The fourth-order valence-electron chi connectivity index (χ4n) is 3.05. The Morgan fingerprint density at radius 3 is 2.32 bits per heavy atom. The number of ether oxygens (including phenoxy) is 1. The smallest absolute Gasteiger partial charge is 0.0594 e. The Bertz CT molecular complexity index is 468. The fourth-order valence-corrected chi connectivity index (χ4v) is 3.05. The molecule has 1 aromatic rings. The van der Waals surface area contributed by atoms with Gasteiger partial charge in [-0.15, -0.1) is 13.2 Å². The van der Waals surface area contributed by atoms with Gasteiger partial charge in [-0.3, -0.25) is 4.90 Å². The first-order valence-electron chi connectivity index (χ1n) is 9.41. The number of allylic oxidation sites excluding steroid dienone is 2. The molecule has 25 heavy (non-hydrogen) atoms. The molecule has 1 heterocycles. The topological polar surface area (TPSA) is 24.5 Å². The highest BCUT2D eigenvalue weighted by atomic mass is 16.5. The van der Waals surface area contributed by atoms with Crippen LogP contribution in [0.2, 0.25) is 0 Å². The molecule has 0 bridgehead atoms. The summed E-state index contributed by atoms with van der Waals surface area (Å²) in [6.45, 7) is 18.6. The molecule has 0 saturated carbocycles. The molecule has 0 aliphatic carbocycles. The molecule has 0 aromatic heterocycles. The van der Waals surface area contributed by atoms with E-state index in [-0.39, 0.29) is 0 Å². The molecule has 3 atom stereocenters. The summed E-state index contributed by atoms with van der Waals surface area (Å²) in [6, 6.07) is 11.5. The highest BCUT2D eigenvalue weighted by Crippen LogP contribution is 2.18. The van der Waals surface area contributed by atoms with Crippen LogP contribution in [0.3, 0.4) is 0 Å². The van der Waals surface area contributed by atoms with Gasteiger partial charge in [-0.1, -0.05) is 49.4 Å². The van der Waals surface area contributed by atoms with Gasteiger partial charge in [0.25, 0.3) is 0 Å². The lowest BCUT2D eigenvalue weighted by atomic mass is 9.95. The van der Waals surface area contributed by atoms with Gasteiger partial charge in [0.2, 0.25) is 0 Å². The molecular weight excluding hydrogens is 308 g/mol. The lowest BCUT2D eigenvalue weighted by Gasteiger charge is -2.35. The van der Waals surface area contributed by atoms with Crippen LogP contribution in [0, 0.1) is 5.92 Å². The first-order valence-corrected chi connectivity index (χ1v) is 9.41. The fraction of sp³-hybridized carbons (Fsp3) is 0.545. The summed E-state index contributed by atoms with van der Waals surface area (Å²) in [4.78, 5) is 2.51. The minimum atomic E-state index is 0.361. The third-order valence-electron chi connectivity index (χ3n) is 4.55. The quantitative estimate of drug-likeness (QED) is 0.706. The van der Waals surface area contributed by atoms with Crippen LogP contribution >= 0.6 is 0 Å². The van der Waals surface area contributed by atoms with Crippen molar-refractivity contribution in [3.05, 3.63) is 61.2 Å². The highest BCUT2D eigenvalue weighted by Gasteiger charge is 2.23. The standard InChI is InChI=1S/C19H30N2O.C3H6/c1-4-8-16(2)19(15-21-11-13-22-14-12-21)20-17(3)18-9-6-5-7-10-18;1-3-2/h4-7,9-10,16-17,19-20H,1,8,11-15H2,2-3H3;3H,1H2,2H3. The number of hydrogen-bond donors (Lipinski definition) is 1. The summed E-state index contributed by atoms with van der Waals surface area (Å²) in [5.74, 6) is 0.575. The maximum atomic E-state index is 5.46. The van der Waals surface area contributed by atoms with E-state index in [1.807, 2.05) is 13.0 Å². The number of nitrogens with one attached hydrogen (secondary N) is 1. The largest absolute Gasteiger partial charge is 0.379 e. The van der Waals surface area contributed by atoms with Crippen molar-refractivity contribution < 1.29 is 4.74 Å². The molecule has 1 saturated heterocycles. The average Bonchev–Trinajstić information content (AvgIpc) is 2.63. The van der Waals surface area contributed by atoms with Crippen LogP contribution in [0.5, 0.6) is 0 Å². The van der Waals surface area contributed by atoms with Crippen molar-refractivity contribution in [1.82, 2.24) is 10.2 Å². The van der Waals surface area contributed by atoms with E-state index >= 15 is 0 Å². The SMILES string of the molecule is C=CC.C=CCC(C)C(CN1CCOCC1)NC(C)c1ccccc1. The zero-order valence-corrected chi connectivity index (χ0v) is 16.3. The van der Waals surface area contributed by atoms with Gasteiger partial charge in [0.1, 0.15) is 0 Å². The van der Waals surface area contributed by atoms with Gasteiger partial charge in [0.15, 0.2) is 0 Å². The van der Waals surface area contributed by atoms with Crippen molar-refractivity contribution >= 4 is 0 Å². The zero-order chi connectivity index (χ0) is 18.5. The molecule has 0 radical (unpaired) electrons. The Morgan fingerprint density at radius 2 is 1.76 bits per heavy atom. The molecule has 0 spiro atoms. The third kappa shape index (κ3) is 8.48. The van der Waals surface area contributed by atoms with Crippen molar-refractivity contribution in [2.24, 2.45) is 5.92 Å². The van der Waals surface area contributed by atoms with Gasteiger partial charge in [-0.2, -0.15) is 0 Å². The molecule has 1 aliphatic rings. The molecule has 1 N–H and O–H groups in total. The van der Waals surface area contributed by atoms with E-state index in [2.05, 4.69) is 67.6 Å². The van der Waals surface area contributed by atoms with E-state index in [1.165, 1.54) is 5.56 Å². The van der Waals surface area contributed by atoms with Gasteiger partial charge in [0.05, 0.1) is 13.2 Å². The van der Waals surface area contributed by atoms with Crippen molar-refractivity contribution in [2.45, 2.75) is 39.3 Å². The lowest BCUT2D eigenvalue weighted by Crippen LogP contribution is -2.48. The van der Waals surface area contributed by atoms with Crippen molar-refractivity contribution in [3.8, 4) is 0 Å². The summed E-state index contributed by atoms with van der Waals surface area (Å²) >= 11 is 0. The van der Waals surface area contributed by atoms with Crippen LogP contribution in [-0.4, -0.2) is 43.8 Å². The second kappa shape index (κ2) is 12.9. The van der Waals surface area contributed by atoms with E-state index < -0.39 is 0 Å². The minimum absolute atomic E-state index is 0.361. The van der Waals surface area contributed by atoms with Gasteiger partial charge >= 0.3 is 0 Å². The Labute approximate surface area is 154 Å². The summed E-state index contributed by atoms with van der Waals surface area (Å²) in [6.07, 6.45) is 4.83.